The van der Waals surface area contributed by atoms with E-state index < -0.39 is 35.0 Å². The van der Waals surface area contributed by atoms with Crippen molar-refractivity contribution < 1.29 is 28.7 Å². The summed E-state index contributed by atoms with van der Waals surface area (Å²) in [6, 6.07) is 21.9. The summed E-state index contributed by atoms with van der Waals surface area (Å²) in [6.07, 6.45) is 5.18. The van der Waals surface area contributed by atoms with E-state index in [2.05, 4.69) is 4.90 Å². The van der Waals surface area contributed by atoms with Gasteiger partial charge in [-0.15, -0.1) is 0 Å². The summed E-state index contributed by atoms with van der Waals surface area (Å²) in [4.78, 5) is 59.7. The second-order valence-corrected chi connectivity index (χ2v) is 14.4. The van der Waals surface area contributed by atoms with Crippen molar-refractivity contribution in [3.63, 3.8) is 0 Å². The van der Waals surface area contributed by atoms with Gasteiger partial charge in [-0.2, -0.15) is 0 Å². The highest BCUT2D eigenvalue weighted by Crippen LogP contribution is 2.39. The molecule has 0 radical (unpaired) electrons. The normalized spacial score (nSPS) is 17.2. The molecule has 1 heterocycles. The van der Waals surface area contributed by atoms with Gasteiger partial charge in [0.25, 0.3) is 5.91 Å². The number of carbonyl (C=O) groups excluding carboxylic acids is 4. The number of nitrogens with two attached hydrogens (primary N) is 1. The standard InChI is InChI=1S/C39H48N4O6/c1-38(2,3)34(44)25-42-32-22-13-12-21-31(32)41(28-17-10-7-11-18-28)24-33(35(42)45)43(37(40)47)29-19-14-20-30(23-29)49-39(4,5)36(46)48-26-27-15-8-6-9-16-27/h6,8-9,12-16,19-23,28,33H,7,10-11,17-18,24-26H2,1-5H3,(H2,40,47)/t33-/m1/s1. The van der Waals surface area contributed by atoms with Crippen molar-refractivity contribution in [2.24, 2.45) is 11.1 Å². The number of Topliss-reactive ketones (excluding diaryl/α,β-unsaturated/α-hetero) is 1. The van der Waals surface area contributed by atoms with Gasteiger partial charge in [-0.1, -0.05) is 88.6 Å². The molecule has 49 heavy (non-hydrogen) atoms. The van der Waals surface area contributed by atoms with Gasteiger partial charge in [0.1, 0.15) is 18.4 Å². The van der Waals surface area contributed by atoms with Crippen LogP contribution in [0, 0.1) is 5.41 Å². The summed E-state index contributed by atoms with van der Waals surface area (Å²) < 4.78 is 11.7. The topological polar surface area (TPSA) is 122 Å². The first-order chi connectivity index (χ1) is 23.3. The van der Waals surface area contributed by atoms with Crippen molar-refractivity contribution in [3.8, 4) is 5.75 Å². The Balaban J connectivity index is 1.49. The molecule has 3 aromatic rings. The molecule has 0 spiro atoms. The predicted molar refractivity (Wildman–Crippen MR) is 191 cm³/mol. The van der Waals surface area contributed by atoms with Gasteiger partial charge >= 0.3 is 12.0 Å². The van der Waals surface area contributed by atoms with E-state index in [0.29, 0.717) is 17.1 Å². The average molecular weight is 669 g/mol. The van der Waals surface area contributed by atoms with Crippen molar-refractivity contribution >= 4 is 40.8 Å². The van der Waals surface area contributed by atoms with Crippen LogP contribution in [0.3, 0.4) is 0 Å². The second kappa shape index (κ2) is 14.7. The Morgan fingerprint density at radius 2 is 1.51 bits per heavy atom. The molecule has 0 bridgehead atoms. The minimum Gasteiger partial charge on any atom is -0.476 e. The maximum Gasteiger partial charge on any atom is 0.350 e. The number of benzene rings is 3. The van der Waals surface area contributed by atoms with Crippen LogP contribution in [-0.4, -0.2) is 54.5 Å². The van der Waals surface area contributed by atoms with Crippen LogP contribution in [0.4, 0.5) is 21.9 Å². The number of hydrogen-bond donors (Lipinski definition) is 1. The first kappa shape index (κ1) is 35.4. The fraction of sp³-hybridized carbons (Fsp3) is 0.436. The minimum atomic E-state index is -1.37. The molecule has 1 atom stereocenters. The summed E-state index contributed by atoms with van der Waals surface area (Å²) in [7, 11) is 0. The zero-order valence-corrected chi connectivity index (χ0v) is 29.2. The lowest BCUT2D eigenvalue weighted by molar-refractivity contribution is -0.160. The Hall–Kier alpha value is -4.86. The second-order valence-electron chi connectivity index (χ2n) is 14.4. The van der Waals surface area contributed by atoms with E-state index in [9.17, 15) is 19.2 Å². The van der Waals surface area contributed by atoms with E-state index >= 15 is 0 Å². The monoisotopic (exact) mass is 668 g/mol. The summed E-state index contributed by atoms with van der Waals surface area (Å²) in [5.74, 6) is -0.785. The molecule has 10 heteroatoms. The fourth-order valence-electron chi connectivity index (χ4n) is 6.46. The molecule has 1 aliphatic heterocycles. The van der Waals surface area contributed by atoms with E-state index in [1.807, 2.05) is 75.4 Å². The van der Waals surface area contributed by atoms with Gasteiger partial charge in [0.05, 0.1) is 23.6 Å². The number of primary amides is 1. The van der Waals surface area contributed by atoms with Crippen LogP contribution in [-0.2, 0) is 25.7 Å². The summed E-state index contributed by atoms with van der Waals surface area (Å²) in [6.45, 7) is 8.84. The van der Waals surface area contributed by atoms with Crippen molar-refractivity contribution in [1.29, 1.82) is 0 Å². The molecule has 1 saturated carbocycles. The number of ether oxygens (including phenoxy) is 2. The lowest BCUT2D eigenvalue weighted by Crippen LogP contribution is -2.58. The first-order valence-electron chi connectivity index (χ1n) is 17.1. The number of esters is 1. The molecule has 260 valence electrons. The Labute approximate surface area is 289 Å². The number of ketones is 1. The van der Waals surface area contributed by atoms with Crippen LogP contribution in [0.15, 0.2) is 78.9 Å². The number of rotatable bonds is 10. The third-order valence-electron chi connectivity index (χ3n) is 9.28. The highest BCUT2D eigenvalue weighted by molar-refractivity contribution is 6.10. The van der Waals surface area contributed by atoms with E-state index in [4.69, 9.17) is 15.2 Å². The van der Waals surface area contributed by atoms with Crippen molar-refractivity contribution in [2.45, 2.75) is 91.0 Å². The molecule has 3 aromatic carbocycles. The van der Waals surface area contributed by atoms with E-state index in [-0.39, 0.29) is 31.5 Å². The lowest BCUT2D eigenvalue weighted by Gasteiger charge is -2.39. The van der Waals surface area contributed by atoms with Gasteiger partial charge in [0, 0.05) is 24.1 Å². The van der Waals surface area contributed by atoms with Crippen LogP contribution < -0.4 is 25.2 Å². The predicted octanol–water partition coefficient (Wildman–Crippen LogP) is 6.64. The SMILES string of the molecule is CC(C)(C)C(=O)CN1C(=O)[C@H](N(C(N)=O)c2cccc(OC(C)(C)C(=O)OCc3ccccc3)c2)CN(C2CCCCC2)c2ccccc21. The van der Waals surface area contributed by atoms with Crippen LogP contribution in [0.5, 0.6) is 5.75 Å². The number of nitrogens with zero attached hydrogens (tertiary/aromatic N) is 3. The molecule has 1 fully saturated rings. The van der Waals surface area contributed by atoms with E-state index in [1.54, 1.807) is 38.1 Å². The van der Waals surface area contributed by atoms with E-state index in [1.165, 1.54) is 9.80 Å². The van der Waals surface area contributed by atoms with Gasteiger partial charge in [0.15, 0.2) is 11.4 Å². The van der Waals surface area contributed by atoms with Crippen LogP contribution in [0.1, 0.15) is 72.3 Å². The molecule has 0 saturated heterocycles. The third kappa shape index (κ3) is 8.24. The Kier molecular flexibility index (Phi) is 10.6. The number of urea groups is 1. The van der Waals surface area contributed by atoms with Crippen LogP contribution >= 0.6 is 0 Å². The molecule has 2 N–H and O–H groups in total. The van der Waals surface area contributed by atoms with Gasteiger partial charge in [0.2, 0.25) is 0 Å². The maximum absolute atomic E-state index is 14.7. The molecule has 3 amide bonds. The number of carbonyl (C=O) groups is 4. The smallest absolute Gasteiger partial charge is 0.350 e. The number of fused-ring (bicyclic) bond motifs is 1. The van der Waals surface area contributed by atoms with Gasteiger partial charge in [-0.3, -0.25) is 14.5 Å². The third-order valence-corrected chi connectivity index (χ3v) is 9.28. The van der Waals surface area contributed by atoms with Crippen molar-refractivity contribution in [3.05, 3.63) is 84.4 Å². The Morgan fingerprint density at radius 3 is 2.16 bits per heavy atom. The lowest BCUT2D eigenvalue weighted by atomic mass is 9.90. The molecular weight excluding hydrogens is 620 g/mol. The summed E-state index contributed by atoms with van der Waals surface area (Å²) in [5, 5.41) is 0. The highest BCUT2D eigenvalue weighted by Gasteiger charge is 2.43. The number of para-hydroxylation sites is 2. The Morgan fingerprint density at radius 1 is 0.857 bits per heavy atom. The zero-order valence-electron chi connectivity index (χ0n) is 29.2. The summed E-state index contributed by atoms with van der Waals surface area (Å²) in [5.41, 5.74) is 6.70. The summed E-state index contributed by atoms with van der Waals surface area (Å²) >= 11 is 0. The maximum atomic E-state index is 14.7. The quantitative estimate of drug-likeness (QED) is 0.240. The molecule has 0 unspecified atom stereocenters. The zero-order chi connectivity index (χ0) is 35.3. The van der Waals surface area contributed by atoms with Crippen molar-refractivity contribution in [2.75, 3.05) is 27.8 Å². The number of hydrogen-bond acceptors (Lipinski definition) is 7. The number of anilines is 3. The van der Waals surface area contributed by atoms with Gasteiger partial charge in [-0.05, 0) is 56.5 Å². The Bertz CT molecular complexity index is 1660. The fourth-order valence-corrected chi connectivity index (χ4v) is 6.46. The molecule has 0 aromatic heterocycles. The van der Waals surface area contributed by atoms with Crippen LogP contribution in [0.2, 0.25) is 0 Å². The van der Waals surface area contributed by atoms with E-state index in [0.717, 1.165) is 43.4 Å². The van der Waals surface area contributed by atoms with Gasteiger partial charge in [-0.25, -0.2) is 9.59 Å². The minimum absolute atomic E-state index is 0.0971. The molecular formula is C39H48N4O6. The molecule has 1 aliphatic carbocycles. The molecule has 2 aliphatic rings. The highest BCUT2D eigenvalue weighted by atomic mass is 16.6. The molecule has 5 rings (SSSR count). The van der Waals surface area contributed by atoms with Crippen molar-refractivity contribution in [1.82, 2.24) is 0 Å². The molecule has 10 nitrogen and oxygen atoms in total. The average Bonchev–Trinajstić information content (AvgIpc) is 3.18. The largest absolute Gasteiger partial charge is 0.476 e. The first-order valence-corrected chi connectivity index (χ1v) is 17.1. The van der Waals surface area contributed by atoms with Gasteiger partial charge < -0.3 is 25.0 Å². The number of amides is 3. The van der Waals surface area contributed by atoms with Crippen LogP contribution in [0.25, 0.3) is 0 Å².